The van der Waals surface area contributed by atoms with E-state index in [4.69, 9.17) is 4.74 Å². The van der Waals surface area contributed by atoms with Gasteiger partial charge in [-0.25, -0.2) is 4.79 Å². The number of esters is 1. The molecule has 0 amide bonds. The highest BCUT2D eigenvalue weighted by molar-refractivity contribution is 8.04. The Labute approximate surface area is 152 Å². The lowest BCUT2D eigenvalue weighted by Gasteiger charge is -2.21. The van der Waals surface area contributed by atoms with Crippen LogP contribution in [0.5, 0.6) is 0 Å². The Kier molecular flexibility index (Phi) is 5.39. The molecule has 128 valence electrons. The molecule has 0 bridgehead atoms. The number of hydrogen-bond acceptors (Lipinski definition) is 4. The highest BCUT2D eigenvalue weighted by Crippen LogP contribution is 2.49. The summed E-state index contributed by atoms with van der Waals surface area (Å²) in [6.45, 7) is 4.00. The minimum atomic E-state index is -0.357. The largest absolute Gasteiger partial charge is 0.463 e. The molecule has 0 unspecified atom stereocenters. The normalized spacial score (nSPS) is 19.8. The molecule has 0 saturated heterocycles. The van der Waals surface area contributed by atoms with Crippen molar-refractivity contribution in [1.29, 1.82) is 0 Å². The fraction of sp³-hybridized carbons (Fsp3) is 0.238. The number of ether oxygens (including phenoxy) is 1. The molecule has 1 aliphatic rings. The van der Waals surface area contributed by atoms with E-state index in [1.807, 2.05) is 67.6 Å². The van der Waals surface area contributed by atoms with Crippen molar-refractivity contribution in [3.8, 4) is 0 Å². The van der Waals surface area contributed by atoms with E-state index in [1.165, 1.54) is 11.8 Å². The van der Waals surface area contributed by atoms with Gasteiger partial charge in [0, 0.05) is 11.5 Å². The van der Waals surface area contributed by atoms with Gasteiger partial charge in [0.05, 0.1) is 17.4 Å². The lowest BCUT2D eigenvalue weighted by atomic mass is 9.85. The molecule has 2 aromatic carbocycles. The van der Waals surface area contributed by atoms with Crippen molar-refractivity contribution in [2.45, 2.75) is 25.0 Å². The molecule has 0 aromatic heterocycles. The number of thioether (sulfide) groups is 1. The summed E-state index contributed by atoms with van der Waals surface area (Å²) in [6.07, 6.45) is 0. The molecular weight excluding hydrogens is 332 g/mol. The molecular formula is C21H20O3S. The SMILES string of the molecule is CCOC(=O)C1=C(C)S[C@@H](C(=O)c2ccccc2)[C@H]1c1ccccc1. The summed E-state index contributed by atoms with van der Waals surface area (Å²) in [4.78, 5) is 26.5. The van der Waals surface area contributed by atoms with Crippen molar-refractivity contribution in [1.82, 2.24) is 0 Å². The van der Waals surface area contributed by atoms with Gasteiger partial charge in [-0.3, -0.25) is 4.79 Å². The van der Waals surface area contributed by atoms with E-state index in [2.05, 4.69) is 0 Å². The summed E-state index contributed by atoms with van der Waals surface area (Å²) in [6, 6.07) is 19.0. The zero-order valence-electron chi connectivity index (χ0n) is 14.3. The summed E-state index contributed by atoms with van der Waals surface area (Å²) in [5.41, 5.74) is 2.23. The predicted molar refractivity (Wildman–Crippen MR) is 101 cm³/mol. The molecule has 2 atom stereocenters. The third-order valence-electron chi connectivity index (χ3n) is 4.27. The van der Waals surface area contributed by atoms with Crippen LogP contribution in [0.4, 0.5) is 0 Å². The summed E-state index contributed by atoms with van der Waals surface area (Å²) in [5.74, 6) is -0.583. The maximum Gasteiger partial charge on any atom is 0.335 e. The molecule has 0 saturated carbocycles. The summed E-state index contributed by atoms with van der Waals surface area (Å²) >= 11 is 1.46. The highest BCUT2D eigenvalue weighted by Gasteiger charge is 2.43. The van der Waals surface area contributed by atoms with Crippen molar-refractivity contribution in [3.05, 3.63) is 82.3 Å². The van der Waals surface area contributed by atoms with Gasteiger partial charge in [0.25, 0.3) is 0 Å². The van der Waals surface area contributed by atoms with Crippen LogP contribution in [-0.2, 0) is 9.53 Å². The molecule has 1 aliphatic heterocycles. The van der Waals surface area contributed by atoms with E-state index >= 15 is 0 Å². The van der Waals surface area contributed by atoms with Gasteiger partial charge in [0.1, 0.15) is 0 Å². The standard InChI is InChI=1S/C21H20O3S/c1-3-24-21(23)17-14(2)25-20(18(17)15-10-6-4-7-11-15)19(22)16-12-8-5-9-13-16/h4-13,18,20H,3H2,1-2H3/t18-,20+/m0/s1. The second-order valence-electron chi connectivity index (χ2n) is 5.85. The van der Waals surface area contributed by atoms with Crippen molar-refractivity contribution in [2.75, 3.05) is 6.61 Å². The number of benzene rings is 2. The quantitative estimate of drug-likeness (QED) is 0.582. The molecule has 0 fully saturated rings. The van der Waals surface area contributed by atoms with Crippen LogP contribution >= 0.6 is 11.8 Å². The van der Waals surface area contributed by atoms with Gasteiger partial charge in [-0.05, 0) is 24.3 Å². The minimum Gasteiger partial charge on any atom is -0.463 e. The Balaban J connectivity index is 2.02. The van der Waals surface area contributed by atoms with E-state index in [0.717, 1.165) is 10.5 Å². The van der Waals surface area contributed by atoms with Gasteiger partial charge in [-0.2, -0.15) is 0 Å². The number of carbonyl (C=O) groups is 2. The van der Waals surface area contributed by atoms with Crippen LogP contribution in [0.25, 0.3) is 0 Å². The number of Topliss-reactive ketones (excluding diaryl/α,β-unsaturated/α-hetero) is 1. The zero-order valence-corrected chi connectivity index (χ0v) is 15.1. The summed E-state index contributed by atoms with van der Waals surface area (Å²) in [5, 5.41) is -0.357. The van der Waals surface area contributed by atoms with Gasteiger partial charge in [0.2, 0.25) is 0 Å². The molecule has 1 heterocycles. The van der Waals surface area contributed by atoms with Crippen LogP contribution in [0.15, 0.2) is 71.1 Å². The molecule has 25 heavy (non-hydrogen) atoms. The molecule has 3 nitrogen and oxygen atoms in total. The molecule has 0 radical (unpaired) electrons. The van der Waals surface area contributed by atoms with E-state index in [1.54, 1.807) is 6.92 Å². The fourth-order valence-corrected chi connectivity index (χ4v) is 4.54. The van der Waals surface area contributed by atoms with Crippen LogP contribution < -0.4 is 0 Å². The molecule has 0 aliphatic carbocycles. The average Bonchev–Trinajstić information content (AvgIpc) is 3.00. The first-order valence-electron chi connectivity index (χ1n) is 8.32. The molecule has 2 aromatic rings. The first-order chi connectivity index (χ1) is 12.1. The number of allylic oxidation sites excluding steroid dienone is 1. The third-order valence-corrected chi connectivity index (χ3v) is 5.58. The van der Waals surface area contributed by atoms with Crippen LogP contribution in [0.1, 0.15) is 35.7 Å². The van der Waals surface area contributed by atoms with Crippen LogP contribution in [0.2, 0.25) is 0 Å². The first-order valence-corrected chi connectivity index (χ1v) is 9.20. The first kappa shape index (κ1) is 17.5. The van der Waals surface area contributed by atoms with Crippen LogP contribution in [0, 0.1) is 0 Å². The second kappa shape index (κ2) is 7.70. The topological polar surface area (TPSA) is 43.4 Å². The van der Waals surface area contributed by atoms with Crippen molar-refractivity contribution in [2.24, 2.45) is 0 Å². The fourth-order valence-electron chi connectivity index (χ4n) is 3.15. The summed E-state index contributed by atoms with van der Waals surface area (Å²) < 4.78 is 5.26. The highest BCUT2D eigenvalue weighted by atomic mass is 32.2. The summed E-state index contributed by atoms with van der Waals surface area (Å²) in [7, 11) is 0. The number of hydrogen-bond donors (Lipinski definition) is 0. The van der Waals surface area contributed by atoms with E-state index in [-0.39, 0.29) is 22.9 Å². The molecule has 4 heteroatoms. The lowest BCUT2D eigenvalue weighted by Crippen LogP contribution is -2.26. The van der Waals surface area contributed by atoms with E-state index in [0.29, 0.717) is 17.7 Å². The van der Waals surface area contributed by atoms with Gasteiger partial charge in [0.15, 0.2) is 5.78 Å². The second-order valence-corrected chi connectivity index (χ2v) is 7.20. The number of rotatable bonds is 5. The van der Waals surface area contributed by atoms with Gasteiger partial charge >= 0.3 is 5.97 Å². The predicted octanol–water partition coefficient (Wildman–Crippen LogP) is 4.61. The Bertz CT molecular complexity index is 796. The molecule has 0 spiro atoms. The minimum absolute atomic E-state index is 0.0399. The maximum atomic E-state index is 13.1. The van der Waals surface area contributed by atoms with Gasteiger partial charge < -0.3 is 4.74 Å². The number of carbonyl (C=O) groups excluding carboxylic acids is 2. The van der Waals surface area contributed by atoms with Crippen molar-refractivity contribution < 1.29 is 14.3 Å². The smallest absolute Gasteiger partial charge is 0.335 e. The Hall–Kier alpha value is -2.33. The van der Waals surface area contributed by atoms with Crippen LogP contribution in [-0.4, -0.2) is 23.6 Å². The third kappa shape index (κ3) is 3.54. The van der Waals surface area contributed by atoms with Gasteiger partial charge in [-0.15, -0.1) is 11.8 Å². The van der Waals surface area contributed by atoms with Crippen LogP contribution in [0.3, 0.4) is 0 Å². The molecule has 0 N–H and O–H groups in total. The number of ketones is 1. The van der Waals surface area contributed by atoms with Crippen molar-refractivity contribution in [3.63, 3.8) is 0 Å². The average molecular weight is 352 g/mol. The monoisotopic (exact) mass is 352 g/mol. The zero-order chi connectivity index (χ0) is 17.8. The Morgan fingerprint density at radius 1 is 1.00 bits per heavy atom. The van der Waals surface area contributed by atoms with E-state index < -0.39 is 0 Å². The van der Waals surface area contributed by atoms with E-state index in [9.17, 15) is 9.59 Å². The Morgan fingerprint density at radius 3 is 2.20 bits per heavy atom. The maximum absolute atomic E-state index is 13.1. The Morgan fingerprint density at radius 2 is 1.60 bits per heavy atom. The van der Waals surface area contributed by atoms with Gasteiger partial charge in [-0.1, -0.05) is 60.7 Å². The van der Waals surface area contributed by atoms with Crippen molar-refractivity contribution >= 4 is 23.5 Å². The molecule has 3 rings (SSSR count). The lowest BCUT2D eigenvalue weighted by molar-refractivity contribution is -0.138.